The smallest absolute Gasteiger partial charge is 0.416 e. The molecule has 1 saturated heterocycles. The molecule has 3 atom stereocenters. The van der Waals surface area contributed by atoms with Gasteiger partial charge in [0, 0.05) is 30.8 Å². The number of nitrogens with one attached hydrogen (secondary N) is 3. The number of fused-ring (bicyclic) bond motifs is 1. The van der Waals surface area contributed by atoms with Crippen molar-refractivity contribution in [2.75, 3.05) is 30.1 Å². The molecule has 0 spiro atoms. The molecule has 14 nitrogen and oxygen atoms in total. The first-order valence-corrected chi connectivity index (χ1v) is 16.1. The number of rotatable bonds is 9. The van der Waals surface area contributed by atoms with E-state index in [0.29, 0.717) is 11.9 Å². The predicted molar refractivity (Wildman–Crippen MR) is 183 cm³/mol. The number of carbonyl (C=O) groups excluding carboxylic acids is 2. The first-order chi connectivity index (χ1) is 23.9. The molecular formula is C34H39F3N8O6. The second-order valence-electron chi connectivity index (χ2n) is 13.2. The third kappa shape index (κ3) is 8.65. The van der Waals surface area contributed by atoms with Crippen LogP contribution in [0.3, 0.4) is 0 Å². The van der Waals surface area contributed by atoms with E-state index in [-0.39, 0.29) is 71.0 Å². The lowest BCUT2D eigenvalue weighted by Gasteiger charge is -2.31. The maximum atomic E-state index is 14.0. The van der Waals surface area contributed by atoms with E-state index in [1.165, 1.54) is 24.1 Å². The molecule has 1 fully saturated rings. The van der Waals surface area contributed by atoms with E-state index >= 15 is 0 Å². The van der Waals surface area contributed by atoms with E-state index in [0.717, 1.165) is 12.1 Å². The van der Waals surface area contributed by atoms with Crippen LogP contribution in [0.1, 0.15) is 53.0 Å². The van der Waals surface area contributed by atoms with Crippen molar-refractivity contribution in [3.63, 3.8) is 0 Å². The summed E-state index contributed by atoms with van der Waals surface area (Å²) in [5.74, 6) is -0.842. The minimum absolute atomic E-state index is 0.0334. The molecule has 51 heavy (non-hydrogen) atoms. The topological polar surface area (TPSA) is 187 Å². The molecule has 0 radical (unpaired) electrons. The van der Waals surface area contributed by atoms with Crippen molar-refractivity contribution in [1.82, 2.24) is 24.8 Å². The Balaban J connectivity index is 1.58. The lowest BCUT2D eigenvalue weighted by molar-refractivity contribution is -0.137. The maximum Gasteiger partial charge on any atom is 0.416 e. The Morgan fingerprint density at radius 2 is 1.84 bits per heavy atom. The number of hydrogen-bond acceptors (Lipinski definition) is 11. The molecule has 3 heterocycles. The Bertz CT molecular complexity index is 2000. The number of halogens is 3. The molecule has 1 aliphatic heterocycles. The molecule has 2 amide bonds. The predicted octanol–water partition coefficient (Wildman–Crippen LogP) is 5.95. The summed E-state index contributed by atoms with van der Waals surface area (Å²) in [7, 11) is 1.51. The maximum absolute atomic E-state index is 14.0. The zero-order valence-electron chi connectivity index (χ0n) is 28.8. The Morgan fingerprint density at radius 3 is 2.53 bits per heavy atom. The monoisotopic (exact) mass is 712 g/mol. The van der Waals surface area contributed by atoms with Crippen molar-refractivity contribution in [2.24, 2.45) is 0 Å². The molecule has 17 heteroatoms. The Morgan fingerprint density at radius 1 is 1.10 bits per heavy atom. The normalized spacial score (nSPS) is 16.9. The average molecular weight is 713 g/mol. The van der Waals surface area contributed by atoms with Gasteiger partial charge in [-0.05, 0) is 71.7 Å². The lowest BCUT2D eigenvalue weighted by Crippen LogP contribution is -2.48. The molecule has 0 aliphatic carbocycles. The zero-order chi connectivity index (χ0) is 37.2. The van der Waals surface area contributed by atoms with Crippen LogP contribution in [0.25, 0.3) is 22.3 Å². The van der Waals surface area contributed by atoms with E-state index in [1.807, 2.05) is 0 Å². The molecule has 1 aliphatic rings. The molecule has 0 saturated carbocycles. The number of ether oxygens (including phenoxy) is 3. The molecular weight excluding hydrogens is 673 g/mol. The van der Waals surface area contributed by atoms with Gasteiger partial charge in [-0.1, -0.05) is 12.1 Å². The van der Waals surface area contributed by atoms with E-state index in [4.69, 9.17) is 19.9 Å². The van der Waals surface area contributed by atoms with Gasteiger partial charge < -0.3 is 35.6 Å². The number of alkyl halides is 3. The fourth-order valence-electron chi connectivity index (χ4n) is 5.61. The van der Waals surface area contributed by atoms with Gasteiger partial charge in [0.15, 0.2) is 11.6 Å². The molecule has 2 aromatic heterocycles. The summed E-state index contributed by atoms with van der Waals surface area (Å²) in [6.45, 7) is 8.92. The minimum atomic E-state index is -4.74. The molecule has 4 aromatic rings. The van der Waals surface area contributed by atoms with Crippen molar-refractivity contribution in [3.8, 4) is 22.9 Å². The highest BCUT2D eigenvalue weighted by molar-refractivity contribution is 6.00. The van der Waals surface area contributed by atoms with Crippen LogP contribution >= 0.6 is 0 Å². The number of aromatic nitrogens is 4. The van der Waals surface area contributed by atoms with Crippen LogP contribution in [-0.4, -0.2) is 74.3 Å². The van der Waals surface area contributed by atoms with Crippen LogP contribution in [0.15, 0.2) is 47.3 Å². The minimum Gasteiger partial charge on any atom is -0.444 e. The van der Waals surface area contributed by atoms with Crippen LogP contribution in [0.2, 0.25) is 0 Å². The number of nitrogens with two attached hydrogens (primary N) is 1. The van der Waals surface area contributed by atoms with Crippen LogP contribution in [0.5, 0.6) is 11.6 Å². The molecule has 5 rings (SSSR count). The molecule has 0 bridgehead atoms. The average Bonchev–Trinajstić information content (AvgIpc) is 3.42. The highest BCUT2D eigenvalue weighted by atomic mass is 19.4. The van der Waals surface area contributed by atoms with Crippen molar-refractivity contribution >= 4 is 40.5 Å². The first kappa shape index (κ1) is 36.8. The van der Waals surface area contributed by atoms with Gasteiger partial charge in [0.2, 0.25) is 17.7 Å². The molecule has 2 aromatic carbocycles. The lowest BCUT2D eigenvalue weighted by atomic mass is 10.0. The Hall–Kier alpha value is -5.45. The van der Waals surface area contributed by atoms with Gasteiger partial charge in [-0.2, -0.15) is 18.2 Å². The van der Waals surface area contributed by atoms with Crippen molar-refractivity contribution in [1.29, 1.82) is 0 Å². The standard InChI is InChI=1S/C34H39F3N8O6/c1-17(16-49-6)39-31-42-23(15-26(43-31)50-25-9-7-8-21-27(25)44-28(38)30(47)40-21)20-12-11-19(34(35,36)37)14-22(20)41-29(46)24-13-10-18(2)45(24)32(48)51-33(3,4)5/h7-9,11-12,14-15,17-18,24H,10,13,16H2,1-6H3,(H2,38,44)(H,40,47)(H,41,46)(H,39,42,43)/t17?,18-,24+/m1/s1. The number of benzene rings is 2. The van der Waals surface area contributed by atoms with E-state index in [1.54, 1.807) is 52.8 Å². The number of aromatic amines is 1. The van der Waals surface area contributed by atoms with Crippen LogP contribution in [0, 0.1) is 0 Å². The number of nitrogens with zero attached hydrogens (tertiary/aromatic N) is 4. The highest BCUT2D eigenvalue weighted by Crippen LogP contribution is 2.38. The fourth-order valence-corrected chi connectivity index (χ4v) is 5.61. The van der Waals surface area contributed by atoms with Crippen LogP contribution in [0.4, 0.5) is 35.4 Å². The Kier molecular flexibility index (Phi) is 10.4. The number of carbonyl (C=O) groups is 2. The summed E-state index contributed by atoms with van der Waals surface area (Å²) in [6.07, 6.45) is -4.69. The summed E-state index contributed by atoms with van der Waals surface area (Å²) >= 11 is 0. The van der Waals surface area contributed by atoms with Crippen LogP contribution in [-0.2, 0) is 20.4 Å². The van der Waals surface area contributed by atoms with Gasteiger partial charge in [0.25, 0.3) is 5.56 Å². The number of hydrogen-bond donors (Lipinski definition) is 4. The van der Waals surface area contributed by atoms with Crippen LogP contribution < -0.4 is 26.7 Å². The quantitative estimate of drug-likeness (QED) is 0.161. The third-order valence-electron chi connectivity index (χ3n) is 7.88. The van der Waals surface area contributed by atoms with E-state index < -0.39 is 40.9 Å². The van der Waals surface area contributed by atoms with Gasteiger partial charge in [-0.15, -0.1) is 0 Å². The number of methoxy groups -OCH3 is 1. The summed E-state index contributed by atoms with van der Waals surface area (Å²) in [4.78, 5) is 56.0. The number of amides is 2. The second kappa shape index (κ2) is 14.4. The number of likely N-dealkylation sites (tertiary alicyclic amines) is 1. The zero-order valence-corrected chi connectivity index (χ0v) is 28.8. The number of anilines is 3. The van der Waals surface area contributed by atoms with Gasteiger partial charge >= 0.3 is 12.3 Å². The first-order valence-electron chi connectivity index (χ1n) is 16.1. The van der Waals surface area contributed by atoms with Gasteiger partial charge in [0.1, 0.15) is 17.2 Å². The second-order valence-corrected chi connectivity index (χ2v) is 13.2. The number of H-pyrrole nitrogens is 1. The summed E-state index contributed by atoms with van der Waals surface area (Å²) in [6, 6.07) is 7.35. The fraction of sp³-hybridized carbons (Fsp3) is 0.412. The summed E-state index contributed by atoms with van der Waals surface area (Å²) in [5.41, 5.74) is 3.86. The van der Waals surface area contributed by atoms with Gasteiger partial charge in [-0.25, -0.2) is 14.8 Å². The largest absolute Gasteiger partial charge is 0.444 e. The highest BCUT2D eigenvalue weighted by Gasteiger charge is 2.41. The summed E-state index contributed by atoms with van der Waals surface area (Å²) in [5, 5.41) is 5.71. The number of para-hydroxylation sites is 1. The van der Waals surface area contributed by atoms with Crippen molar-refractivity contribution in [3.05, 3.63) is 58.4 Å². The van der Waals surface area contributed by atoms with Crippen molar-refractivity contribution in [2.45, 2.75) is 77.4 Å². The summed E-state index contributed by atoms with van der Waals surface area (Å²) < 4.78 is 58.8. The Labute approximate surface area is 290 Å². The molecule has 272 valence electrons. The SMILES string of the molecule is COCC(C)Nc1nc(Oc2cccc3[nH]c(=O)c(N)nc23)cc(-c2ccc(C(F)(F)F)cc2NC(=O)[C@@H]2CC[C@@H](C)N2C(=O)OC(C)(C)C)n1. The van der Waals surface area contributed by atoms with E-state index in [2.05, 4.69) is 30.6 Å². The van der Waals surface area contributed by atoms with Gasteiger partial charge in [0.05, 0.1) is 29.1 Å². The molecule has 1 unspecified atom stereocenters. The third-order valence-corrected chi connectivity index (χ3v) is 7.88. The molecule has 5 N–H and O–H groups in total. The van der Waals surface area contributed by atoms with E-state index in [9.17, 15) is 27.6 Å². The number of nitrogen functional groups attached to an aromatic ring is 1. The van der Waals surface area contributed by atoms with Gasteiger partial charge in [-0.3, -0.25) is 14.5 Å². The van der Waals surface area contributed by atoms with Crippen molar-refractivity contribution < 1.29 is 37.0 Å².